The van der Waals surface area contributed by atoms with Gasteiger partial charge in [-0.2, -0.15) is 0 Å². The molecule has 1 aromatic heterocycles. The van der Waals surface area contributed by atoms with Crippen LogP contribution in [0.4, 0.5) is 10.1 Å². The Bertz CT molecular complexity index is 1120. The number of morpholine rings is 1. The number of benzene rings is 2. The summed E-state index contributed by atoms with van der Waals surface area (Å²) in [6, 6.07) is 12.2. The molecule has 0 saturated carbocycles. The lowest BCUT2D eigenvalue weighted by atomic mass is 10.1. The van der Waals surface area contributed by atoms with Gasteiger partial charge in [-0.15, -0.1) is 11.8 Å². The van der Waals surface area contributed by atoms with Crippen LogP contribution in [-0.4, -0.2) is 59.8 Å². The van der Waals surface area contributed by atoms with E-state index in [4.69, 9.17) is 4.74 Å². The second-order valence-corrected chi connectivity index (χ2v) is 8.79. The van der Waals surface area contributed by atoms with Crippen LogP contribution in [0.15, 0.2) is 53.6 Å². The van der Waals surface area contributed by atoms with Gasteiger partial charge in [0, 0.05) is 59.4 Å². The smallest absolute Gasteiger partial charge is 0.234 e. The summed E-state index contributed by atoms with van der Waals surface area (Å²) < 4.78 is 21.7. The van der Waals surface area contributed by atoms with Crippen molar-refractivity contribution in [3.05, 3.63) is 60.0 Å². The van der Waals surface area contributed by atoms with Crippen LogP contribution < -0.4 is 5.32 Å². The van der Waals surface area contributed by atoms with Gasteiger partial charge in [0.05, 0.1) is 19.0 Å². The van der Waals surface area contributed by atoms with Crippen molar-refractivity contribution in [2.24, 2.45) is 0 Å². The number of aromatic nitrogens is 1. The van der Waals surface area contributed by atoms with Crippen LogP contribution in [0.25, 0.3) is 10.9 Å². The van der Waals surface area contributed by atoms with Crippen LogP contribution in [-0.2, 0) is 16.1 Å². The largest absolute Gasteiger partial charge is 0.379 e. The number of nitrogens with one attached hydrogen (secondary N) is 1. The average molecular weight is 456 g/mol. The molecule has 1 amide bonds. The fraction of sp³-hybridized carbons (Fsp3) is 0.333. The molecule has 0 spiro atoms. The predicted octanol–water partition coefficient (Wildman–Crippen LogP) is 4.05. The molecule has 1 N–H and O–H groups in total. The van der Waals surface area contributed by atoms with E-state index in [1.807, 2.05) is 24.3 Å². The van der Waals surface area contributed by atoms with Gasteiger partial charge in [-0.1, -0.05) is 6.07 Å². The third kappa shape index (κ3) is 5.56. The van der Waals surface area contributed by atoms with Crippen molar-refractivity contribution in [3.8, 4) is 0 Å². The van der Waals surface area contributed by atoms with E-state index in [1.165, 1.54) is 19.1 Å². The topological polar surface area (TPSA) is 63.6 Å². The Morgan fingerprint density at radius 3 is 2.66 bits per heavy atom. The number of hydrogen-bond acceptors (Lipinski definition) is 5. The highest BCUT2D eigenvalue weighted by molar-refractivity contribution is 8.00. The van der Waals surface area contributed by atoms with Crippen molar-refractivity contribution in [2.75, 3.05) is 43.9 Å². The molecule has 1 fully saturated rings. The van der Waals surface area contributed by atoms with Crippen LogP contribution in [0.5, 0.6) is 0 Å². The molecule has 4 rings (SSSR count). The lowest BCUT2D eigenvalue weighted by Crippen LogP contribution is -2.38. The second-order valence-electron chi connectivity index (χ2n) is 7.77. The number of fused-ring (bicyclic) bond motifs is 1. The highest BCUT2D eigenvalue weighted by atomic mass is 32.2. The van der Waals surface area contributed by atoms with Gasteiger partial charge in [0.25, 0.3) is 0 Å². The quantitative estimate of drug-likeness (QED) is 0.410. The molecule has 2 heterocycles. The summed E-state index contributed by atoms with van der Waals surface area (Å²) in [6.07, 6.45) is 2.07. The first-order valence-electron chi connectivity index (χ1n) is 10.6. The number of thioether (sulfide) groups is 1. The van der Waals surface area contributed by atoms with Crippen molar-refractivity contribution in [1.82, 2.24) is 9.47 Å². The van der Waals surface area contributed by atoms with Gasteiger partial charge in [-0.25, -0.2) is 4.39 Å². The fourth-order valence-corrected chi connectivity index (χ4v) is 4.44. The molecule has 168 valence electrons. The van der Waals surface area contributed by atoms with Crippen molar-refractivity contribution in [1.29, 1.82) is 0 Å². The number of carbonyl (C=O) groups is 2. The summed E-state index contributed by atoms with van der Waals surface area (Å²) in [5.41, 5.74) is 2.15. The minimum Gasteiger partial charge on any atom is -0.379 e. The summed E-state index contributed by atoms with van der Waals surface area (Å²) in [7, 11) is 0. The van der Waals surface area contributed by atoms with Gasteiger partial charge in [0.1, 0.15) is 5.82 Å². The zero-order valence-corrected chi connectivity index (χ0v) is 18.8. The number of nitrogens with zero attached hydrogens (tertiary/aromatic N) is 2. The zero-order chi connectivity index (χ0) is 22.5. The maximum Gasteiger partial charge on any atom is 0.234 e. The second kappa shape index (κ2) is 10.3. The molecule has 8 heteroatoms. The lowest BCUT2D eigenvalue weighted by Gasteiger charge is -2.26. The van der Waals surface area contributed by atoms with Crippen molar-refractivity contribution >= 4 is 40.0 Å². The number of Topliss-reactive ketones (excluding diaryl/α,β-unsaturated/α-hetero) is 1. The van der Waals surface area contributed by atoms with Gasteiger partial charge in [-0.3, -0.25) is 14.5 Å². The molecule has 0 atom stereocenters. The Kier molecular flexibility index (Phi) is 7.24. The van der Waals surface area contributed by atoms with Crippen molar-refractivity contribution in [2.45, 2.75) is 18.4 Å². The summed E-state index contributed by atoms with van der Waals surface area (Å²) in [5, 5.41) is 3.94. The molecule has 6 nitrogen and oxygen atoms in total. The first-order valence-corrected chi connectivity index (χ1v) is 11.6. The minimum atomic E-state index is -0.490. The number of halogens is 1. The highest BCUT2D eigenvalue weighted by Gasteiger charge is 2.12. The van der Waals surface area contributed by atoms with Crippen LogP contribution in [0.3, 0.4) is 0 Å². The molecule has 1 aliphatic heterocycles. The number of hydrogen-bond donors (Lipinski definition) is 1. The van der Waals surface area contributed by atoms with Gasteiger partial charge in [0.15, 0.2) is 5.78 Å². The van der Waals surface area contributed by atoms with Crippen molar-refractivity contribution < 1.29 is 18.7 Å². The van der Waals surface area contributed by atoms with Gasteiger partial charge < -0.3 is 14.6 Å². The van der Waals surface area contributed by atoms with Crippen LogP contribution in [0.2, 0.25) is 0 Å². The van der Waals surface area contributed by atoms with E-state index in [2.05, 4.69) is 21.0 Å². The van der Waals surface area contributed by atoms with Crippen LogP contribution in [0.1, 0.15) is 17.3 Å². The summed E-state index contributed by atoms with van der Waals surface area (Å²) in [4.78, 5) is 26.4. The third-order valence-electron chi connectivity index (χ3n) is 5.51. The Morgan fingerprint density at radius 2 is 1.91 bits per heavy atom. The Hall–Kier alpha value is -2.68. The molecule has 32 heavy (non-hydrogen) atoms. The van der Waals surface area contributed by atoms with E-state index in [0.29, 0.717) is 16.1 Å². The number of amides is 1. The monoisotopic (exact) mass is 455 g/mol. The number of carbonyl (C=O) groups excluding carboxylic acids is 2. The number of anilines is 1. The molecular formula is C24H26FN3O3S. The van der Waals surface area contributed by atoms with Crippen LogP contribution in [0, 0.1) is 5.82 Å². The van der Waals surface area contributed by atoms with Crippen LogP contribution >= 0.6 is 11.8 Å². The number of ketones is 1. The lowest BCUT2D eigenvalue weighted by molar-refractivity contribution is -0.113. The summed E-state index contributed by atoms with van der Waals surface area (Å²) in [6.45, 7) is 6.81. The maximum absolute atomic E-state index is 14.1. The molecule has 3 aromatic rings. The van der Waals surface area contributed by atoms with Gasteiger partial charge >= 0.3 is 0 Å². The molecule has 1 aliphatic rings. The molecule has 0 aliphatic carbocycles. The standard InChI is InChI=1S/C24H26FN3O3S/c1-17(29)18-2-5-23(21(25)15-18)32-16-24(30)26-20-3-4-22-19(14-20)6-7-28(22)9-8-27-10-12-31-13-11-27/h2-7,14-15H,8-13,16H2,1H3,(H,26,30). The first kappa shape index (κ1) is 22.5. The number of ether oxygens (including phenoxy) is 1. The number of rotatable bonds is 8. The average Bonchev–Trinajstić information content (AvgIpc) is 3.19. The highest BCUT2D eigenvalue weighted by Crippen LogP contribution is 2.24. The van der Waals surface area contributed by atoms with E-state index in [-0.39, 0.29) is 17.4 Å². The SMILES string of the molecule is CC(=O)c1ccc(SCC(=O)Nc2ccc3c(ccn3CCN3CCOCC3)c2)c(F)c1. The molecule has 2 aromatic carbocycles. The Morgan fingerprint density at radius 1 is 1.09 bits per heavy atom. The molecule has 1 saturated heterocycles. The van der Waals surface area contributed by atoms with E-state index in [9.17, 15) is 14.0 Å². The third-order valence-corrected chi connectivity index (χ3v) is 6.56. The maximum atomic E-state index is 14.1. The molecule has 0 radical (unpaired) electrons. The molecule has 0 unspecified atom stereocenters. The van der Waals surface area contributed by atoms with E-state index < -0.39 is 5.82 Å². The molecule has 0 bridgehead atoms. The van der Waals surface area contributed by atoms with E-state index >= 15 is 0 Å². The minimum absolute atomic E-state index is 0.0783. The van der Waals surface area contributed by atoms with Crippen molar-refractivity contribution in [3.63, 3.8) is 0 Å². The predicted molar refractivity (Wildman–Crippen MR) is 125 cm³/mol. The Balaban J connectivity index is 1.33. The van der Waals surface area contributed by atoms with Gasteiger partial charge in [0.2, 0.25) is 5.91 Å². The summed E-state index contributed by atoms with van der Waals surface area (Å²) in [5.74, 6) is -0.815. The Labute approximate surface area is 190 Å². The van der Waals surface area contributed by atoms with Gasteiger partial charge in [-0.05, 0) is 43.3 Å². The first-order chi connectivity index (χ1) is 15.5. The molecular weight excluding hydrogens is 429 g/mol. The zero-order valence-electron chi connectivity index (χ0n) is 18.0. The summed E-state index contributed by atoms with van der Waals surface area (Å²) >= 11 is 1.11. The normalized spacial score (nSPS) is 14.6. The van der Waals surface area contributed by atoms with E-state index in [0.717, 1.165) is 62.1 Å². The fourth-order valence-electron chi connectivity index (χ4n) is 3.72. The van der Waals surface area contributed by atoms with E-state index in [1.54, 1.807) is 6.07 Å².